The highest BCUT2D eigenvalue weighted by atomic mass is 19.3. The van der Waals surface area contributed by atoms with Crippen LogP contribution >= 0.6 is 0 Å². The minimum atomic E-state index is -3.96. The summed E-state index contributed by atoms with van der Waals surface area (Å²) < 4.78 is 35.4. The van der Waals surface area contributed by atoms with Crippen molar-refractivity contribution in [2.24, 2.45) is 5.73 Å². The number of alkyl halides is 2. The summed E-state index contributed by atoms with van der Waals surface area (Å²) in [5.74, 6) is -3.49. The number of nitrogens with two attached hydrogens (primary N) is 1. The molecular formula is C19H18F2N2O6. The number of halogens is 2. The van der Waals surface area contributed by atoms with E-state index in [2.05, 4.69) is 14.8 Å². The highest BCUT2D eigenvalue weighted by Crippen LogP contribution is 2.45. The quantitative estimate of drug-likeness (QED) is 0.541. The number of aliphatic hydroxyl groups is 1. The average molecular weight is 408 g/mol. The van der Waals surface area contributed by atoms with E-state index in [0.29, 0.717) is 0 Å². The molecular weight excluding hydrogens is 390 g/mol. The second kappa shape index (κ2) is 8.02. The lowest BCUT2D eigenvalue weighted by Gasteiger charge is -2.22. The van der Waals surface area contributed by atoms with Gasteiger partial charge in [-0.2, -0.15) is 0 Å². The lowest BCUT2D eigenvalue weighted by Crippen LogP contribution is -2.49. The van der Waals surface area contributed by atoms with Gasteiger partial charge in [-0.15, -0.1) is 8.78 Å². The molecule has 0 aliphatic carbocycles. The van der Waals surface area contributed by atoms with Crippen LogP contribution in [0.2, 0.25) is 0 Å². The molecule has 154 valence electrons. The highest BCUT2D eigenvalue weighted by Gasteiger charge is 2.46. The van der Waals surface area contributed by atoms with Gasteiger partial charge < -0.3 is 30.7 Å². The number of ether oxygens (including phenoxy) is 2. The van der Waals surface area contributed by atoms with Crippen molar-refractivity contribution < 1.29 is 38.1 Å². The standard InChI is InChI=1S/C19H18F2N2O6/c20-19(21)28-13-8-4-7-11(16(13)29-19)14(18(26)27)23-17(25)15(24)12(22)9-10-5-2-1-3-6-10/h1-8,12,14-15,24H,9,22H2,(H,23,25)(H,26,27). The van der Waals surface area contributed by atoms with Crippen molar-refractivity contribution in [2.75, 3.05) is 0 Å². The first-order valence-electron chi connectivity index (χ1n) is 8.57. The molecule has 1 aliphatic rings. The number of hydrogen-bond acceptors (Lipinski definition) is 6. The molecule has 0 bridgehead atoms. The first-order chi connectivity index (χ1) is 13.7. The molecule has 0 aromatic heterocycles. The zero-order chi connectivity index (χ0) is 21.2. The molecule has 0 saturated heterocycles. The van der Waals surface area contributed by atoms with Crippen molar-refractivity contribution in [3.05, 3.63) is 59.7 Å². The third kappa shape index (κ3) is 4.61. The van der Waals surface area contributed by atoms with Crippen LogP contribution < -0.4 is 20.5 Å². The summed E-state index contributed by atoms with van der Waals surface area (Å²) in [5.41, 5.74) is 6.38. The summed E-state index contributed by atoms with van der Waals surface area (Å²) in [7, 11) is 0. The van der Waals surface area contributed by atoms with E-state index in [9.17, 15) is 28.6 Å². The van der Waals surface area contributed by atoms with Crippen LogP contribution in [0.5, 0.6) is 11.5 Å². The van der Waals surface area contributed by atoms with Gasteiger partial charge in [-0.05, 0) is 18.1 Å². The summed E-state index contributed by atoms with van der Waals surface area (Å²) >= 11 is 0. The van der Waals surface area contributed by atoms with Crippen molar-refractivity contribution in [1.82, 2.24) is 5.32 Å². The Balaban J connectivity index is 1.76. The molecule has 0 spiro atoms. The maximum Gasteiger partial charge on any atom is 0.586 e. The van der Waals surface area contributed by atoms with E-state index in [1.54, 1.807) is 30.3 Å². The summed E-state index contributed by atoms with van der Waals surface area (Å²) in [5, 5.41) is 21.8. The number of amides is 1. The fourth-order valence-corrected chi connectivity index (χ4v) is 2.91. The van der Waals surface area contributed by atoms with E-state index in [0.717, 1.165) is 5.56 Å². The van der Waals surface area contributed by atoms with Crippen LogP contribution in [0.1, 0.15) is 17.2 Å². The number of rotatable bonds is 7. The summed E-state index contributed by atoms with van der Waals surface area (Å²) in [6.45, 7) is 0. The number of carbonyl (C=O) groups excluding carboxylic acids is 1. The van der Waals surface area contributed by atoms with Gasteiger partial charge in [-0.25, -0.2) is 4.79 Å². The minimum Gasteiger partial charge on any atom is -0.479 e. The topological polar surface area (TPSA) is 131 Å². The predicted molar refractivity (Wildman–Crippen MR) is 95.3 cm³/mol. The van der Waals surface area contributed by atoms with Crippen molar-refractivity contribution in [1.29, 1.82) is 0 Å². The molecule has 1 amide bonds. The molecule has 0 saturated carbocycles. The first-order valence-corrected chi connectivity index (χ1v) is 8.57. The SMILES string of the molecule is NC(Cc1ccccc1)C(O)C(=O)NC(C(=O)O)c1cccc2c1OC(F)(F)O2. The van der Waals surface area contributed by atoms with E-state index < -0.39 is 42.1 Å². The van der Waals surface area contributed by atoms with Crippen LogP contribution in [0, 0.1) is 0 Å². The highest BCUT2D eigenvalue weighted by molar-refractivity contribution is 5.88. The van der Waals surface area contributed by atoms with Crippen molar-refractivity contribution in [3.63, 3.8) is 0 Å². The van der Waals surface area contributed by atoms with Gasteiger partial charge in [0.15, 0.2) is 17.5 Å². The first kappa shape index (κ1) is 20.5. The second-order valence-corrected chi connectivity index (χ2v) is 6.42. The predicted octanol–water partition coefficient (Wildman–Crippen LogP) is 1.18. The van der Waals surface area contributed by atoms with Gasteiger partial charge in [0, 0.05) is 11.6 Å². The second-order valence-electron chi connectivity index (χ2n) is 6.42. The van der Waals surface area contributed by atoms with Crippen LogP contribution in [-0.2, 0) is 16.0 Å². The molecule has 0 radical (unpaired) electrons. The number of carboxylic acid groups (broad SMARTS) is 1. The van der Waals surface area contributed by atoms with Crippen LogP contribution in [0.3, 0.4) is 0 Å². The van der Waals surface area contributed by atoms with Crippen molar-refractivity contribution in [2.45, 2.75) is 30.9 Å². The number of aliphatic hydroxyl groups excluding tert-OH is 1. The Hall–Kier alpha value is -3.24. The van der Waals surface area contributed by atoms with E-state index >= 15 is 0 Å². The third-order valence-corrected chi connectivity index (χ3v) is 4.29. The van der Waals surface area contributed by atoms with Gasteiger partial charge >= 0.3 is 12.3 Å². The largest absolute Gasteiger partial charge is 0.586 e. The summed E-state index contributed by atoms with van der Waals surface area (Å²) in [6.07, 6.45) is -5.52. The molecule has 2 aromatic carbocycles. The smallest absolute Gasteiger partial charge is 0.479 e. The molecule has 0 fully saturated rings. The maximum absolute atomic E-state index is 13.3. The molecule has 1 aliphatic heterocycles. The Labute approximate surface area is 163 Å². The molecule has 29 heavy (non-hydrogen) atoms. The number of carbonyl (C=O) groups is 2. The van der Waals surface area contributed by atoms with Gasteiger partial charge in [0.25, 0.3) is 5.91 Å². The number of nitrogens with one attached hydrogen (secondary N) is 1. The number of carboxylic acids is 1. The third-order valence-electron chi connectivity index (χ3n) is 4.29. The zero-order valence-electron chi connectivity index (χ0n) is 14.9. The number of benzene rings is 2. The van der Waals surface area contributed by atoms with E-state index in [4.69, 9.17) is 5.73 Å². The van der Waals surface area contributed by atoms with Gasteiger partial charge in [-0.3, -0.25) is 4.79 Å². The minimum absolute atomic E-state index is 0.164. The molecule has 3 unspecified atom stereocenters. The molecule has 1 heterocycles. The maximum atomic E-state index is 13.3. The van der Waals surface area contributed by atoms with E-state index in [1.807, 2.05) is 0 Å². The fraction of sp³-hybridized carbons (Fsp3) is 0.263. The molecule has 5 N–H and O–H groups in total. The van der Waals surface area contributed by atoms with Gasteiger partial charge in [0.2, 0.25) is 0 Å². The summed E-state index contributed by atoms with van der Waals surface area (Å²) in [4.78, 5) is 24.0. The van der Waals surface area contributed by atoms with Gasteiger partial charge in [-0.1, -0.05) is 42.5 Å². The fourth-order valence-electron chi connectivity index (χ4n) is 2.91. The Kier molecular flexibility index (Phi) is 5.66. The Bertz CT molecular complexity index is 909. The van der Waals surface area contributed by atoms with Crippen LogP contribution in [0.25, 0.3) is 0 Å². The lowest BCUT2D eigenvalue weighted by atomic mass is 10.0. The molecule has 3 rings (SSSR count). The number of para-hydroxylation sites is 1. The Morgan fingerprint density at radius 3 is 2.45 bits per heavy atom. The van der Waals surface area contributed by atoms with Crippen LogP contribution in [-0.4, -0.2) is 40.5 Å². The van der Waals surface area contributed by atoms with Gasteiger partial charge in [0.1, 0.15) is 6.10 Å². The summed E-state index contributed by atoms with van der Waals surface area (Å²) in [6, 6.07) is 9.70. The monoisotopic (exact) mass is 408 g/mol. The molecule has 3 atom stereocenters. The van der Waals surface area contributed by atoms with E-state index in [-0.39, 0.29) is 17.7 Å². The van der Waals surface area contributed by atoms with Crippen LogP contribution in [0.4, 0.5) is 8.78 Å². The normalized spacial score (nSPS) is 17.2. The van der Waals surface area contributed by atoms with Crippen molar-refractivity contribution in [3.8, 4) is 11.5 Å². The number of hydrogen-bond donors (Lipinski definition) is 4. The van der Waals surface area contributed by atoms with Gasteiger partial charge in [0.05, 0.1) is 0 Å². The Morgan fingerprint density at radius 1 is 1.10 bits per heavy atom. The molecule has 2 aromatic rings. The lowest BCUT2D eigenvalue weighted by molar-refractivity contribution is -0.287. The molecule has 10 heteroatoms. The number of fused-ring (bicyclic) bond motifs is 1. The Morgan fingerprint density at radius 2 is 1.79 bits per heavy atom. The van der Waals surface area contributed by atoms with Crippen LogP contribution in [0.15, 0.2) is 48.5 Å². The average Bonchev–Trinajstić information content (AvgIpc) is 2.99. The zero-order valence-corrected chi connectivity index (χ0v) is 14.9. The van der Waals surface area contributed by atoms with E-state index in [1.165, 1.54) is 18.2 Å². The molecule has 8 nitrogen and oxygen atoms in total. The van der Waals surface area contributed by atoms with Crippen molar-refractivity contribution >= 4 is 11.9 Å². The number of aliphatic carboxylic acids is 1.